The average Bonchev–Trinajstić information content (AvgIpc) is 2.80. The van der Waals surface area contributed by atoms with E-state index in [9.17, 15) is 4.79 Å². The highest BCUT2D eigenvalue weighted by Gasteiger charge is 2.38. The van der Waals surface area contributed by atoms with Crippen molar-refractivity contribution in [2.24, 2.45) is 5.73 Å². The Bertz CT molecular complexity index is 411. The molecule has 98 valence electrons. The van der Waals surface area contributed by atoms with Crippen molar-refractivity contribution in [3.63, 3.8) is 0 Å². The number of nitrogens with one attached hydrogen (secondary N) is 1. The molecule has 0 saturated carbocycles. The van der Waals surface area contributed by atoms with E-state index in [4.69, 9.17) is 15.6 Å². The van der Waals surface area contributed by atoms with E-state index in [1.54, 1.807) is 0 Å². The fourth-order valence-corrected chi connectivity index (χ4v) is 1.90. The van der Waals surface area contributed by atoms with Crippen molar-refractivity contribution in [3.8, 4) is 0 Å². The van der Waals surface area contributed by atoms with Gasteiger partial charge in [0.15, 0.2) is 0 Å². The third kappa shape index (κ3) is 2.87. The molecule has 5 heteroatoms. The van der Waals surface area contributed by atoms with Crippen LogP contribution in [0.25, 0.3) is 0 Å². The van der Waals surface area contributed by atoms with Gasteiger partial charge in [-0.15, -0.1) is 0 Å². The van der Waals surface area contributed by atoms with Gasteiger partial charge in [0, 0.05) is 18.9 Å². The predicted molar refractivity (Wildman–Crippen MR) is 68.2 cm³/mol. The van der Waals surface area contributed by atoms with Gasteiger partial charge < -0.3 is 20.9 Å². The van der Waals surface area contributed by atoms with E-state index in [1.165, 1.54) is 0 Å². The number of aliphatic hydroxyl groups excluding tert-OH is 1. The molecule has 1 amide bonds. The lowest BCUT2D eigenvalue weighted by molar-refractivity contribution is -0.121. The number of benzene rings is 1. The summed E-state index contributed by atoms with van der Waals surface area (Å²) in [6.07, 6.45) is 1.16. The van der Waals surface area contributed by atoms with Crippen LogP contribution in [-0.4, -0.2) is 36.4 Å². The van der Waals surface area contributed by atoms with E-state index in [1.807, 2.05) is 24.3 Å². The van der Waals surface area contributed by atoms with Gasteiger partial charge in [-0.1, -0.05) is 12.1 Å². The maximum Gasteiger partial charge on any atom is 0.246 e. The summed E-state index contributed by atoms with van der Waals surface area (Å²) < 4.78 is 5.16. The second kappa shape index (κ2) is 5.48. The monoisotopic (exact) mass is 250 g/mol. The van der Waals surface area contributed by atoms with Crippen LogP contribution < -0.4 is 11.1 Å². The first kappa shape index (κ1) is 13.0. The minimum absolute atomic E-state index is 0.120. The van der Waals surface area contributed by atoms with Crippen molar-refractivity contribution < 1.29 is 14.6 Å². The van der Waals surface area contributed by atoms with Gasteiger partial charge in [-0.25, -0.2) is 0 Å². The molecule has 1 fully saturated rings. The van der Waals surface area contributed by atoms with E-state index in [-0.39, 0.29) is 19.1 Å². The third-order valence-electron chi connectivity index (χ3n) is 3.12. The van der Waals surface area contributed by atoms with Crippen molar-refractivity contribution in [1.29, 1.82) is 0 Å². The van der Waals surface area contributed by atoms with Crippen LogP contribution in [0.1, 0.15) is 12.0 Å². The molecule has 4 N–H and O–H groups in total. The molecule has 1 saturated heterocycles. The molecule has 1 heterocycles. The molecule has 1 aliphatic rings. The highest BCUT2D eigenvalue weighted by atomic mass is 16.5. The lowest BCUT2D eigenvalue weighted by atomic mass is 9.99. The van der Waals surface area contributed by atoms with Crippen LogP contribution >= 0.6 is 0 Å². The van der Waals surface area contributed by atoms with Crippen LogP contribution in [0.3, 0.4) is 0 Å². The van der Waals surface area contributed by atoms with E-state index in [2.05, 4.69) is 5.32 Å². The summed E-state index contributed by atoms with van der Waals surface area (Å²) in [6, 6.07) is 7.37. The van der Waals surface area contributed by atoms with Gasteiger partial charge in [0.25, 0.3) is 0 Å². The van der Waals surface area contributed by atoms with Crippen molar-refractivity contribution in [3.05, 3.63) is 29.8 Å². The number of nitrogens with two attached hydrogens (primary N) is 1. The zero-order valence-electron chi connectivity index (χ0n) is 10.2. The SMILES string of the molecule is NC1(C(=O)Nc2ccc(CCO)cc2)CCOC1. The van der Waals surface area contributed by atoms with Crippen LogP contribution in [0.2, 0.25) is 0 Å². The number of hydrogen-bond acceptors (Lipinski definition) is 4. The van der Waals surface area contributed by atoms with Gasteiger partial charge >= 0.3 is 0 Å². The highest BCUT2D eigenvalue weighted by molar-refractivity contribution is 5.98. The topological polar surface area (TPSA) is 84.6 Å². The van der Waals surface area contributed by atoms with Crippen LogP contribution in [0, 0.1) is 0 Å². The second-order valence-electron chi connectivity index (χ2n) is 4.58. The molecular weight excluding hydrogens is 232 g/mol. The zero-order chi connectivity index (χ0) is 13.0. The minimum Gasteiger partial charge on any atom is -0.396 e. The summed E-state index contributed by atoms with van der Waals surface area (Å²) in [6.45, 7) is 0.912. The Hall–Kier alpha value is -1.43. The summed E-state index contributed by atoms with van der Waals surface area (Å²) in [5.74, 6) is -0.213. The smallest absolute Gasteiger partial charge is 0.246 e. The van der Waals surface area contributed by atoms with Crippen molar-refractivity contribution in [2.75, 3.05) is 25.1 Å². The highest BCUT2D eigenvalue weighted by Crippen LogP contribution is 2.18. The minimum atomic E-state index is -0.913. The largest absolute Gasteiger partial charge is 0.396 e. The van der Waals surface area contributed by atoms with Crippen molar-refractivity contribution in [1.82, 2.24) is 0 Å². The third-order valence-corrected chi connectivity index (χ3v) is 3.12. The number of hydrogen-bond donors (Lipinski definition) is 3. The summed E-state index contributed by atoms with van der Waals surface area (Å²) >= 11 is 0. The number of carbonyl (C=O) groups is 1. The molecule has 1 aromatic carbocycles. The molecule has 18 heavy (non-hydrogen) atoms. The first-order valence-corrected chi connectivity index (χ1v) is 6.02. The Labute approximate surface area is 106 Å². The molecule has 2 rings (SSSR count). The zero-order valence-corrected chi connectivity index (χ0v) is 10.2. The number of amides is 1. The van der Waals surface area contributed by atoms with Crippen molar-refractivity contribution >= 4 is 11.6 Å². The molecule has 0 bridgehead atoms. The Kier molecular flexibility index (Phi) is 3.96. The van der Waals surface area contributed by atoms with Crippen LogP contribution in [-0.2, 0) is 16.0 Å². The maximum atomic E-state index is 12.0. The molecule has 1 unspecified atom stereocenters. The fraction of sp³-hybridized carbons (Fsp3) is 0.462. The summed E-state index contributed by atoms with van der Waals surface area (Å²) in [7, 11) is 0. The summed E-state index contributed by atoms with van der Waals surface area (Å²) in [4.78, 5) is 12.0. The van der Waals surface area contributed by atoms with E-state index >= 15 is 0 Å². The van der Waals surface area contributed by atoms with Crippen LogP contribution in [0.4, 0.5) is 5.69 Å². The lowest BCUT2D eigenvalue weighted by Gasteiger charge is -2.20. The lowest BCUT2D eigenvalue weighted by Crippen LogP contribution is -2.51. The number of anilines is 1. The van der Waals surface area contributed by atoms with Gasteiger partial charge in [0.1, 0.15) is 5.54 Å². The number of aliphatic hydroxyl groups is 1. The molecule has 0 aliphatic carbocycles. The number of carbonyl (C=O) groups excluding carboxylic acids is 1. The first-order chi connectivity index (χ1) is 8.64. The van der Waals surface area contributed by atoms with E-state index in [0.717, 1.165) is 5.56 Å². The van der Waals surface area contributed by atoms with Gasteiger partial charge in [-0.05, 0) is 30.5 Å². The molecule has 0 radical (unpaired) electrons. The average molecular weight is 250 g/mol. The van der Waals surface area contributed by atoms with Crippen molar-refractivity contribution in [2.45, 2.75) is 18.4 Å². The van der Waals surface area contributed by atoms with E-state index < -0.39 is 5.54 Å². The van der Waals surface area contributed by atoms with Crippen LogP contribution in [0.15, 0.2) is 24.3 Å². The Morgan fingerprint density at radius 2 is 2.17 bits per heavy atom. The van der Waals surface area contributed by atoms with E-state index in [0.29, 0.717) is 25.1 Å². The maximum absolute atomic E-state index is 12.0. The van der Waals surface area contributed by atoms with Gasteiger partial charge in [0.05, 0.1) is 6.61 Å². The predicted octanol–water partition coefficient (Wildman–Crippen LogP) is 0.278. The molecular formula is C13H18N2O3. The Balaban J connectivity index is 1.98. The molecule has 1 aliphatic heterocycles. The van der Waals surface area contributed by atoms with Gasteiger partial charge in [0.2, 0.25) is 5.91 Å². The molecule has 1 aromatic rings. The summed E-state index contributed by atoms with van der Waals surface area (Å²) in [5.41, 5.74) is 6.78. The standard InChI is InChI=1S/C13H18N2O3/c14-13(6-8-18-9-13)12(17)15-11-3-1-10(2-4-11)5-7-16/h1-4,16H,5-9,14H2,(H,15,17). The molecule has 5 nitrogen and oxygen atoms in total. The Morgan fingerprint density at radius 1 is 1.44 bits per heavy atom. The van der Waals surface area contributed by atoms with Gasteiger partial charge in [-0.3, -0.25) is 4.79 Å². The fourth-order valence-electron chi connectivity index (χ4n) is 1.90. The normalized spacial score (nSPS) is 23.0. The number of rotatable bonds is 4. The molecule has 0 aromatic heterocycles. The summed E-state index contributed by atoms with van der Waals surface area (Å²) in [5, 5.41) is 11.6. The quantitative estimate of drug-likeness (QED) is 0.716. The molecule has 0 spiro atoms. The number of ether oxygens (including phenoxy) is 1. The van der Waals surface area contributed by atoms with Crippen LogP contribution in [0.5, 0.6) is 0 Å². The molecule has 1 atom stereocenters. The second-order valence-corrected chi connectivity index (χ2v) is 4.58. The first-order valence-electron chi connectivity index (χ1n) is 6.02. The van der Waals surface area contributed by atoms with Gasteiger partial charge in [-0.2, -0.15) is 0 Å². The Morgan fingerprint density at radius 3 is 2.72 bits per heavy atom.